The van der Waals surface area contributed by atoms with Crippen LogP contribution in [0.1, 0.15) is 17.3 Å². The number of nitro benzene ring substituents is 1. The van der Waals surface area contributed by atoms with E-state index in [2.05, 4.69) is 11.9 Å². The van der Waals surface area contributed by atoms with E-state index in [1.807, 2.05) is 9.80 Å². The van der Waals surface area contributed by atoms with Gasteiger partial charge in [-0.15, -0.1) is 6.58 Å². The van der Waals surface area contributed by atoms with Gasteiger partial charge < -0.3 is 10.2 Å². The van der Waals surface area contributed by atoms with E-state index in [1.165, 1.54) is 13.0 Å². The van der Waals surface area contributed by atoms with Crippen LogP contribution in [0.3, 0.4) is 0 Å². The topological polar surface area (TPSA) is 95.8 Å². The number of nitrogens with one attached hydrogen (secondary N) is 1. The normalized spacial score (nSPS) is 14.8. The van der Waals surface area contributed by atoms with Crippen LogP contribution >= 0.6 is 0 Å². The Hall–Kier alpha value is -2.74. The third-order valence-electron chi connectivity index (χ3n) is 4.10. The number of carbonyl (C=O) groups is 2. The molecule has 134 valence electrons. The second-order valence-electron chi connectivity index (χ2n) is 5.87. The number of benzene rings is 1. The number of rotatable bonds is 7. The van der Waals surface area contributed by atoms with Crippen molar-refractivity contribution >= 4 is 23.1 Å². The Morgan fingerprint density at radius 1 is 1.32 bits per heavy atom. The fraction of sp³-hybridized carbons (Fsp3) is 0.412. The van der Waals surface area contributed by atoms with Gasteiger partial charge in [-0.25, -0.2) is 0 Å². The number of piperazine rings is 1. The van der Waals surface area contributed by atoms with Crippen LogP contribution in [-0.4, -0.2) is 60.8 Å². The molecule has 0 bridgehead atoms. The molecule has 0 unspecified atom stereocenters. The molecule has 1 saturated heterocycles. The largest absolute Gasteiger partial charge is 0.363 e. The van der Waals surface area contributed by atoms with E-state index < -0.39 is 4.92 Å². The number of ketones is 1. The molecule has 0 aromatic heterocycles. The van der Waals surface area contributed by atoms with Crippen molar-refractivity contribution < 1.29 is 14.5 Å². The summed E-state index contributed by atoms with van der Waals surface area (Å²) in [5.74, 6) is -0.268. The van der Waals surface area contributed by atoms with Crippen LogP contribution in [0.25, 0.3) is 0 Å². The average Bonchev–Trinajstić information content (AvgIpc) is 2.60. The Morgan fingerprint density at radius 2 is 2.00 bits per heavy atom. The van der Waals surface area contributed by atoms with Gasteiger partial charge in [0.2, 0.25) is 5.91 Å². The predicted molar refractivity (Wildman–Crippen MR) is 95.0 cm³/mol. The van der Waals surface area contributed by atoms with Crippen molar-refractivity contribution in [2.75, 3.05) is 44.2 Å². The molecule has 1 N–H and O–H groups in total. The van der Waals surface area contributed by atoms with Crippen molar-refractivity contribution in [3.8, 4) is 0 Å². The lowest BCUT2D eigenvalue weighted by atomic mass is 10.1. The first kappa shape index (κ1) is 18.6. The molecule has 1 aliphatic rings. The van der Waals surface area contributed by atoms with E-state index in [1.54, 1.807) is 18.2 Å². The summed E-state index contributed by atoms with van der Waals surface area (Å²) in [6, 6.07) is 4.56. The highest BCUT2D eigenvalue weighted by atomic mass is 16.6. The van der Waals surface area contributed by atoms with Crippen LogP contribution in [0, 0.1) is 10.1 Å². The molecule has 2 rings (SSSR count). The highest BCUT2D eigenvalue weighted by molar-refractivity contribution is 5.95. The lowest BCUT2D eigenvalue weighted by Crippen LogP contribution is -2.49. The number of carbonyl (C=O) groups excluding carboxylic acids is 2. The summed E-state index contributed by atoms with van der Waals surface area (Å²) in [6.07, 6.45) is 1.62. The minimum absolute atomic E-state index is 0.0647. The number of anilines is 1. The summed E-state index contributed by atoms with van der Waals surface area (Å²) in [7, 11) is 0. The van der Waals surface area contributed by atoms with Crippen LogP contribution in [0.4, 0.5) is 11.4 Å². The van der Waals surface area contributed by atoms with Gasteiger partial charge in [-0.2, -0.15) is 0 Å². The number of hydrogen-bond donors (Lipinski definition) is 1. The van der Waals surface area contributed by atoms with Crippen LogP contribution in [-0.2, 0) is 4.79 Å². The van der Waals surface area contributed by atoms with E-state index >= 15 is 0 Å². The minimum atomic E-state index is -0.461. The summed E-state index contributed by atoms with van der Waals surface area (Å²) in [4.78, 5) is 38.0. The van der Waals surface area contributed by atoms with E-state index in [0.29, 0.717) is 50.5 Å². The predicted octanol–water partition coefficient (Wildman–Crippen LogP) is 1.22. The molecular formula is C17H22N4O4. The summed E-state index contributed by atoms with van der Waals surface area (Å²) < 4.78 is 0. The first-order valence-corrected chi connectivity index (χ1v) is 8.06. The molecule has 8 heteroatoms. The zero-order chi connectivity index (χ0) is 18.4. The van der Waals surface area contributed by atoms with Gasteiger partial charge in [-0.1, -0.05) is 6.08 Å². The molecule has 1 aromatic rings. The third kappa shape index (κ3) is 4.87. The maximum atomic E-state index is 11.7. The smallest absolute Gasteiger partial charge is 0.293 e. The Bertz CT molecular complexity index is 681. The fourth-order valence-electron chi connectivity index (χ4n) is 2.75. The summed E-state index contributed by atoms with van der Waals surface area (Å²) >= 11 is 0. The Kier molecular flexibility index (Phi) is 6.24. The molecular weight excluding hydrogens is 324 g/mol. The maximum Gasteiger partial charge on any atom is 0.293 e. The Labute approximate surface area is 146 Å². The van der Waals surface area contributed by atoms with Gasteiger partial charge in [0, 0.05) is 44.4 Å². The number of nitrogens with zero attached hydrogens (tertiary/aromatic N) is 3. The summed E-state index contributed by atoms with van der Waals surface area (Å²) in [5.41, 5.74) is 0.767. The van der Waals surface area contributed by atoms with Gasteiger partial charge in [0.25, 0.3) is 5.69 Å². The van der Waals surface area contributed by atoms with Gasteiger partial charge in [0.15, 0.2) is 5.78 Å². The highest BCUT2D eigenvalue weighted by Gasteiger charge is 2.25. The monoisotopic (exact) mass is 346 g/mol. The van der Waals surface area contributed by atoms with Crippen LogP contribution in [0.5, 0.6) is 0 Å². The second-order valence-corrected chi connectivity index (χ2v) is 5.87. The lowest BCUT2D eigenvalue weighted by Gasteiger charge is -2.35. The molecule has 1 heterocycles. The molecule has 1 fully saturated rings. The van der Waals surface area contributed by atoms with E-state index in [0.717, 1.165) is 0 Å². The molecule has 1 aliphatic heterocycles. The Morgan fingerprint density at radius 3 is 2.56 bits per heavy atom. The molecule has 25 heavy (non-hydrogen) atoms. The van der Waals surface area contributed by atoms with Crippen LogP contribution in [0.2, 0.25) is 0 Å². The maximum absolute atomic E-state index is 11.7. The van der Waals surface area contributed by atoms with Crippen molar-refractivity contribution in [2.24, 2.45) is 0 Å². The van der Waals surface area contributed by atoms with Crippen LogP contribution < -0.4 is 10.2 Å². The zero-order valence-corrected chi connectivity index (χ0v) is 14.2. The van der Waals surface area contributed by atoms with E-state index in [-0.39, 0.29) is 17.4 Å². The molecule has 0 saturated carbocycles. The highest BCUT2D eigenvalue weighted by Crippen LogP contribution is 2.30. The third-order valence-corrected chi connectivity index (χ3v) is 4.10. The molecule has 0 aliphatic carbocycles. The van der Waals surface area contributed by atoms with E-state index in [4.69, 9.17) is 0 Å². The molecule has 1 aromatic carbocycles. The first-order chi connectivity index (χ1) is 11.9. The standard InChI is InChI=1S/C17H22N4O4/c1-3-6-18-17(23)12-19-7-9-20(10-8-19)15-5-4-14(13(2)22)11-16(15)21(24)25/h3-5,11H,1,6-10,12H2,2H3,(H,18,23). The van der Waals surface area contributed by atoms with Gasteiger partial charge in [-0.05, 0) is 19.1 Å². The van der Waals surface area contributed by atoms with Crippen molar-refractivity contribution in [3.05, 3.63) is 46.5 Å². The van der Waals surface area contributed by atoms with E-state index in [9.17, 15) is 19.7 Å². The van der Waals surface area contributed by atoms with Crippen molar-refractivity contribution in [1.82, 2.24) is 10.2 Å². The minimum Gasteiger partial charge on any atom is -0.363 e. The molecule has 8 nitrogen and oxygen atoms in total. The fourth-order valence-corrected chi connectivity index (χ4v) is 2.75. The van der Waals surface area contributed by atoms with Gasteiger partial charge in [0.05, 0.1) is 11.5 Å². The number of Topliss-reactive ketones (excluding diaryl/α,β-unsaturated/α-hetero) is 1. The summed E-state index contributed by atoms with van der Waals surface area (Å²) in [5, 5.41) is 14.1. The van der Waals surface area contributed by atoms with Gasteiger partial charge >= 0.3 is 0 Å². The van der Waals surface area contributed by atoms with Gasteiger partial charge in [0.1, 0.15) is 5.69 Å². The summed E-state index contributed by atoms with van der Waals surface area (Å²) in [6.45, 7) is 8.09. The lowest BCUT2D eigenvalue weighted by molar-refractivity contribution is -0.384. The van der Waals surface area contributed by atoms with Crippen molar-refractivity contribution in [1.29, 1.82) is 0 Å². The second kappa shape index (κ2) is 8.39. The van der Waals surface area contributed by atoms with Gasteiger partial charge in [-0.3, -0.25) is 24.6 Å². The molecule has 0 spiro atoms. The SMILES string of the molecule is C=CCNC(=O)CN1CCN(c2ccc(C(C)=O)cc2[N+](=O)[O-])CC1. The Balaban J connectivity index is 2.03. The number of nitro groups is 1. The first-order valence-electron chi connectivity index (χ1n) is 8.06. The number of hydrogen-bond acceptors (Lipinski definition) is 6. The quantitative estimate of drug-likeness (QED) is 0.345. The average molecular weight is 346 g/mol. The molecule has 0 atom stereocenters. The van der Waals surface area contributed by atoms with Crippen LogP contribution in [0.15, 0.2) is 30.9 Å². The van der Waals surface area contributed by atoms with Crippen molar-refractivity contribution in [2.45, 2.75) is 6.92 Å². The molecule has 0 radical (unpaired) electrons. The molecule has 1 amide bonds. The zero-order valence-electron chi connectivity index (χ0n) is 14.2. The number of amides is 1. The van der Waals surface area contributed by atoms with Crippen molar-refractivity contribution in [3.63, 3.8) is 0 Å².